The maximum absolute atomic E-state index is 12.1. The van der Waals surface area contributed by atoms with Crippen molar-refractivity contribution in [3.63, 3.8) is 0 Å². The molecule has 0 spiro atoms. The fourth-order valence-corrected chi connectivity index (χ4v) is 1.70. The van der Waals surface area contributed by atoms with Gasteiger partial charge in [-0.05, 0) is 36.4 Å². The molecule has 2 aromatic rings. The molecule has 8 heteroatoms. The maximum atomic E-state index is 12.1. The van der Waals surface area contributed by atoms with Gasteiger partial charge in [0.1, 0.15) is 17.1 Å². The van der Waals surface area contributed by atoms with E-state index in [1.807, 2.05) is 0 Å². The Morgan fingerprint density at radius 3 is 2.26 bits per heavy atom. The Bertz CT molecular complexity index is 685. The van der Waals surface area contributed by atoms with E-state index in [9.17, 15) is 18.0 Å². The molecule has 0 N–H and O–H groups in total. The number of amides is 1. The second-order valence-electron chi connectivity index (χ2n) is 4.68. The number of ether oxygens (including phenoxy) is 2. The second kappa shape index (κ2) is 6.55. The quantitative estimate of drug-likeness (QED) is 0.863. The molecule has 0 saturated carbocycles. The summed E-state index contributed by atoms with van der Waals surface area (Å²) in [7, 11) is 3.17. The van der Waals surface area contributed by atoms with Gasteiger partial charge in [0.05, 0.1) is 0 Å². The SMILES string of the molecule is CN(C)C(=O)c1cccnc1Oc1ccc(OC(F)(F)F)cc1. The number of rotatable bonds is 4. The largest absolute Gasteiger partial charge is 0.573 e. The number of benzene rings is 1. The van der Waals surface area contributed by atoms with Gasteiger partial charge in [-0.2, -0.15) is 0 Å². The van der Waals surface area contributed by atoms with Crippen LogP contribution >= 0.6 is 0 Å². The standard InChI is InChI=1S/C15H13F3N2O3/c1-20(2)14(21)12-4-3-9-19-13(12)22-10-5-7-11(8-6-10)23-15(16,17)18/h3-9H,1-2H3. The van der Waals surface area contributed by atoms with Crippen molar-refractivity contribution >= 4 is 5.91 Å². The van der Waals surface area contributed by atoms with Crippen LogP contribution in [0.2, 0.25) is 0 Å². The molecule has 122 valence electrons. The average Bonchev–Trinajstić information content (AvgIpc) is 2.47. The first-order valence-electron chi connectivity index (χ1n) is 6.46. The van der Waals surface area contributed by atoms with Crippen molar-refractivity contribution in [3.8, 4) is 17.4 Å². The summed E-state index contributed by atoms with van der Waals surface area (Å²) in [5.41, 5.74) is 0.244. The van der Waals surface area contributed by atoms with Crippen molar-refractivity contribution in [2.45, 2.75) is 6.36 Å². The highest BCUT2D eigenvalue weighted by Gasteiger charge is 2.31. The van der Waals surface area contributed by atoms with E-state index >= 15 is 0 Å². The first-order valence-corrected chi connectivity index (χ1v) is 6.46. The smallest absolute Gasteiger partial charge is 0.438 e. The third kappa shape index (κ3) is 4.60. The van der Waals surface area contributed by atoms with Crippen molar-refractivity contribution in [3.05, 3.63) is 48.2 Å². The van der Waals surface area contributed by atoms with Crippen LogP contribution in [-0.2, 0) is 0 Å². The van der Waals surface area contributed by atoms with Gasteiger partial charge in [-0.25, -0.2) is 4.98 Å². The number of carbonyl (C=O) groups excluding carboxylic acids is 1. The zero-order valence-electron chi connectivity index (χ0n) is 12.3. The average molecular weight is 326 g/mol. The van der Waals surface area contributed by atoms with Crippen molar-refractivity contribution in [2.24, 2.45) is 0 Å². The van der Waals surface area contributed by atoms with Gasteiger partial charge in [0.15, 0.2) is 0 Å². The molecule has 5 nitrogen and oxygen atoms in total. The van der Waals surface area contributed by atoms with Crippen LogP contribution in [0.4, 0.5) is 13.2 Å². The number of hydrogen-bond donors (Lipinski definition) is 0. The minimum atomic E-state index is -4.76. The van der Waals surface area contributed by atoms with Crippen LogP contribution in [-0.4, -0.2) is 36.2 Å². The first-order chi connectivity index (χ1) is 10.8. The lowest BCUT2D eigenvalue weighted by molar-refractivity contribution is -0.274. The van der Waals surface area contributed by atoms with Gasteiger partial charge in [0.2, 0.25) is 5.88 Å². The molecule has 1 aromatic carbocycles. The summed E-state index contributed by atoms with van der Waals surface area (Å²) in [6, 6.07) is 7.94. The van der Waals surface area contributed by atoms with Gasteiger partial charge in [-0.15, -0.1) is 13.2 Å². The van der Waals surface area contributed by atoms with Gasteiger partial charge >= 0.3 is 6.36 Å². The number of aromatic nitrogens is 1. The number of alkyl halides is 3. The third-order valence-corrected chi connectivity index (χ3v) is 2.68. The van der Waals surface area contributed by atoms with Crippen molar-refractivity contribution in [1.29, 1.82) is 0 Å². The fourth-order valence-electron chi connectivity index (χ4n) is 1.70. The molecule has 0 atom stereocenters. The van der Waals surface area contributed by atoms with E-state index in [1.165, 1.54) is 23.2 Å². The highest BCUT2D eigenvalue weighted by Crippen LogP contribution is 2.28. The van der Waals surface area contributed by atoms with E-state index in [0.29, 0.717) is 0 Å². The Balaban J connectivity index is 2.18. The lowest BCUT2D eigenvalue weighted by Gasteiger charge is -2.14. The van der Waals surface area contributed by atoms with Crippen LogP contribution in [0.15, 0.2) is 42.6 Å². The predicted molar refractivity (Wildman–Crippen MR) is 75.5 cm³/mol. The Hall–Kier alpha value is -2.77. The fraction of sp³-hybridized carbons (Fsp3) is 0.200. The van der Waals surface area contributed by atoms with Crippen LogP contribution in [0.1, 0.15) is 10.4 Å². The monoisotopic (exact) mass is 326 g/mol. The molecule has 1 aromatic heterocycles. The Morgan fingerprint density at radius 2 is 1.70 bits per heavy atom. The summed E-state index contributed by atoms with van der Waals surface area (Å²) < 4.78 is 45.5. The van der Waals surface area contributed by atoms with Gasteiger partial charge < -0.3 is 14.4 Å². The minimum absolute atomic E-state index is 0.0655. The van der Waals surface area contributed by atoms with Gasteiger partial charge in [0, 0.05) is 20.3 Å². The second-order valence-corrected chi connectivity index (χ2v) is 4.68. The zero-order valence-corrected chi connectivity index (χ0v) is 12.3. The van der Waals surface area contributed by atoms with Crippen molar-refractivity contribution in [2.75, 3.05) is 14.1 Å². The Labute approximate surface area is 130 Å². The summed E-state index contributed by atoms with van der Waals surface area (Å²) >= 11 is 0. The summed E-state index contributed by atoms with van der Waals surface area (Å²) in [4.78, 5) is 17.4. The molecule has 0 unspecified atom stereocenters. The summed E-state index contributed by atoms with van der Waals surface area (Å²) in [6.45, 7) is 0. The molecule has 0 bridgehead atoms. The highest BCUT2D eigenvalue weighted by molar-refractivity contribution is 5.96. The van der Waals surface area contributed by atoms with E-state index in [2.05, 4.69) is 9.72 Å². The van der Waals surface area contributed by atoms with Crippen LogP contribution < -0.4 is 9.47 Å². The van der Waals surface area contributed by atoms with Crippen LogP contribution in [0.25, 0.3) is 0 Å². The Morgan fingerprint density at radius 1 is 1.09 bits per heavy atom. The molecule has 0 radical (unpaired) electrons. The van der Waals surface area contributed by atoms with Crippen LogP contribution in [0.3, 0.4) is 0 Å². The maximum Gasteiger partial charge on any atom is 0.573 e. The topological polar surface area (TPSA) is 51.7 Å². The lowest BCUT2D eigenvalue weighted by Crippen LogP contribution is -2.22. The number of pyridine rings is 1. The lowest BCUT2D eigenvalue weighted by atomic mass is 10.2. The van der Waals surface area contributed by atoms with Crippen molar-refractivity contribution < 1.29 is 27.4 Å². The van der Waals surface area contributed by atoms with E-state index in [4.69, 9.17) is 4.74 Å². The third-order valence-electron chi connectivity index (χ3n) is 2.68. The van der Waals surface area contributed by atoms with Crippen LogP contribution in [0, 0.1) is 0 Å². The normalized spacial score (nSPS) is 11.0. The molecule has 0 aliphatic rings. The summed E-state index contributed by atoms with van der Waals surface area (Å²) in [6.07, 6.45) is -3.31. The Kier molecular flexibility index (Phi) is 4.73. The van der Waals surface area contributed by atoms with E-state index < -0.39 is 6.36 Å². The molecular weight excluding hydrogens is 313 g/mol. The zero-order chi connectivity index (χ0) is 17.0. The number of carbonyl (C=O) groups is 1. The molecule has 1 heterocycles. The molecule has 0 aliphatic heterocycles. The first kappa shape index (κ1) is 16.6. The number of halogens is 3. The van der Waals surface area contributed by atoms with Crippen LogP contribution in [0.5, 0.6) is 17.4 Å². The predicted octanol–water partition coefficient (Wildman–Crippen LogP) is 3.47. The van der Waals surface area contributed by atoms with E-state index in [1.54, 1.807) is 26.2 Å². The highest BCUT2D eigenvalue weighted by atomic mass is 19.4. The molecule has 23 heavy (non-hydrogen) atoms. The van der Waals surface area contributed by atoms with Crippen molar-refractivity contribution in [1.82, 2.24) is 9.88 Å². The van der Waals surface area contributed by atoms with E-state index in [-0.39, 0.29) is 28.8 Å². The molecule has 2 rings (SSSR count). The molecule has 1 amide bonds. The summed E-state index contributed by atoms with van der Waals surface area (Å²) in [5, 5.41) is 0. The molecule has 0 saturated heterocycles. The van der Waals surface area contributed by atoms with Gasteiger partial charge in [-0.3, -0.25) is 4.79 Å². The number of hydrogen-bond acceptors (Lipinski definition) is 4. The molecule has 0 fully saturated rings. The number of nitrogens with zero attached hydrogens (tertiary/aromatic N) is 2. The van der Waals surface area contributed by atoms with E-state index in [0.717, 1.165) is 12.1 Å². The van der Waals surface area contributed by atoms with Gasteiger partial charge in [0.25, 0.3) is 5.91 Å². The van der Waals surface area contributed by atoms with Gasteiger partial charge in [-0.1, -0.05) is 0 Å². The molecule has 0 aliphatic carbocycles. The summed E-state index contributed by atoms with van der Waals surface area (Å²) in [5.74, 6) is -0.373. The minimum Gasteiger partial charge on any atom is -0.438 e. The molecular formula is C15H13F3N2O3.